The van der Waals surface area contributed by atoms with Gasteiger partial charge in [-0.05, 0) is 30.7 Å². The molecule has 27 heavy (non-hydrogen) atoms. The molecule has 140 valence electrons. The molecule has 0 saturated heterocycles. The van der Waals surface area contributed by atoms with Crippen molar-refractivity contribution in [2.75, 3.05) is 0 Å². The lowest BCUT2D eigenvalue weighted by molar-refractivity contribution is -0.266. The van der Waals surface area contributed by atoms with E-state index in [-0.39, 0.29) is 4.88 Å². The van der Waals surface area contributed by atoms with E-state index in [2.05, 4.69) is 15.1 Å². The zero-order valence-corrected chi connectivity index (χ0v) is 15.3. The van der Waals surface area contributed by atoms with E-state index in [1.165, 1.54) is 13.0 Å². The Morgan fingerprint density at radius 2 is 1.96 bits per heavy atom. The molecule has 4 aromatic rings. The normalized spacial score (nSPS) is 14.7. The van der Waals surface area contributed by atoms with E-state index in [0.717, 1.165) is 22.3 Å². The maximum absolute atomic E-state index is 13.3. The monoisotopic (exact) mass is 392 g/mol. The minimum atomic E-state index is -4.75. The minimum Gasteiger partial charge on any atom is -0.376 e. The highest BCUT2D eigenvalue weighted by Crippen LogP contribution is 2.45. The largest absolute Gasteiger partial charge is 0.422 e. The highest BCUT2D eigenvalue weighted by molar-refractivity contribution is 7.18. The predicted octanol–water partition coefficient (Wildman–Crippen LogP) is 4.40. The highest BCUT2D eigenvalue weighted by Gasteiger charge is 2.54. The molecule has 0 spiro atoms. The van der Waals surface area contributed by atoms with Crippen molar-refractivity contribution in [3.05, 3.63) is 41.5 Å². The fraction of sp³-hybridized carbons (Fsp3) is 0.278. The number of pyridine rings is 2. The number of rotatable bonds is 3. The van der Waals surface area contributed by atoms with Crippen molar-refractivity contribution in [1.29, 1.82) is 0 Å². The highest BCUT2D eigenvalue weighted by atomic mass is 32.1. The first-order chi connectivity index (χ1) is 12.7. The second kappa shape index (κ2) is 6.00. The van der Waals surface area contributed by atoms with Crippen molar-refractivity contribution in [3.63, 3.8) is 0 Å². The molecule has 0 bridgehead atoms. The van der Waals surface area contributed by atoms with Gasteiger partial charge < -0.3 is 5.11 Å². The average molecular weight is 392 g/mol. The third kappa shape index (κ3) is 2.87. The van der Waals surface area contributed by atoms with E-state index < -0.39 is 18.2 Å². The molecule has 9 heteroatoms. The quantitative estimate of drug-likeness (QED) is 0.561. The van der Waals surface area contributed by atoms with Gasteiger partial charge in [0, 0.05) is 40.7 Å². The van der Waals surface area contributed by atoms with Crippen LogP contribution in [0.4, 0.5) is 13.2 Å². The first-order valence-electron chi connectivity index (χ1n) is 8.21. The summed E-state index contributed by atoms with van der Waals surface area (Å²) >= 11 is 0.854. The van der Waals surface area contributed by atoms with Crippen molar-refractivity contribution in [1.82, 2.24) is 19.7 Å². The molecule has 1 atom stereocenters. The zero-order chi connectivity index (χ0) is 19.4. The number of fused-ring (bicyclic) bond motifs is 2. The van der Waals surface area contributed by atoms with Crippen LogP contribution in [0.3, 0.4) is 0 Å². The summed E-state index contributed by atoms with van der Waals surface area (Å²) in [6.07, 6.45) is -1.74. The Morgan fingerprint density at radius 1 is 1.19 bits per heavy atom. The molecule has 4 aromatic heterocycles. The summed E-state index contributed by atoms with van der Waals surface area (Å²) in [7, 11) is 1.80. The van der Waals surface area contributed by atoms with Crippen molar-refractivity contribution in [3.8, 4) is 11.3 Å². The lowest BCUT2D eigenvalue weighted by atomic mass is 9.97. The summed E-state index contributed by atoms with van der Waals surface area (Å²) in [6, 6.07) is 6.68. The van der Waals surface area contributed by atoms with Gasteiger partial charge in [0.15, 0.2) is 11.2 Å². The SMILES string of the molecule is CC[C@@](O)(c1cc2ccc(-c3cnc4nn(C)cc4c3)nc2s1)C(F)(F)F. The number of aromatic nitrogens is 4. The summed E-state index contributed by atoms with van der Waals surface area (Å²) in [5.74, 6) is 0. The molecular formula is C18H15F3N4OS. The van der Waals surface area contributed by atoms with Gasteiger partial charge in [-0.1, -0.05) is 6.92 Å². The molecule has 0 aliphatic carbocycles. The van der Waals surface area contributed by atoms with Gasteiger partial charge in [0.2, 0.25) is 0 Å². The van der Waals surface area contributed by atoms with Crippen LogP contribution in [0, 0.1) is 0 Å². The zero-order valence-electron chi connectivity index (χ0n) is 14.4. The predicted molar refractivity (Wildman–Crippen MR) is 97.4 cm³/mol. The molecule has 1 N–H and O–H groups in total. The Hall–Kier alpha value is -2.52. The number of aryl methyl sites for hydroxylation is 1. The number of hydrogen-bond acceptors (Lipinski definition) is 5. The second-order valence-corrected chi connectivity index (χ2v) is 7.38. The molecule has 0 unspecified atom stereocenters. The van der Waals surface area contributed by atoms with E-state index in [4.69, 9.17) is 0 Å². The number of halogens is 3. The van der Waals surface area contributed by atoms with Gasteiger partial charge in [0.1, 0.15) is 4.83 Å². The molecule has 4 rings (SSSR count). The third-order valence-electron chi connectivity index (χ3n) is 4.54. The molecule has 0 saturated carbocycles. The van der Waals surface area contributed by atoms with E-state index >= 15 is 0 Å². The maximum Gasteiger partial charge on any atom is 0.422 e. The number of hydrogen-bond donors (Lipinski definition) is 1. The molecule has 5 nitrogen and oxygen atoms in total. The second-order valence-electron chi connectivity index (χ2n) is 6.35. The number of alkyl halides is 3. The van der Waals surface area contributed by atoms with Gasteiger partial charge in [-0.15, -0.1) is 11.3 Å². The number of nitrogens with zero attached hydrogens (tertiary/aromatic N) is 4. The van der Waals surface area contributed by atoms with E-state index in [1.807, 2.05) is 12.3 Å². The first kappa shape index (κ1) is 17.9. The smallest absolute Gasteiger partial charge is 0.376 e. The minimum absolute atomic E-state index is 0.155. The van der Waals surface area contributed by atoms with Crippen molar-refractivity contribution in [2.45, 2.75) is 25.1 Å². The number of thiophene rings is 1. The van der Waals surface area contributed by atoms with Gasteiger partial charge in [-0.25, -0.2) is 9.97 Å². The Kier molecular flexibility index (Phi) is 3.97. The Balaban J connectivity index is 1.80. The molecule has 0 aliphatic heterocycles. The topological polar surface area (TPSA) is 63.8 Å². The van der Waals surface area contributed by atoms with Crippen molar-refractivity contribution < 1.29 is 18.3 Å². The lowest BCUT2D eigenvalue weighted by Crippen LogP contribution is -2.40. The van der Waals surface area contributed by atoms with Gasteiger partial charge in [0.05, 0.1) is 5.69 Å². The lowest BCUT2D eigenvalue weighted by Gasteiger charge is -2.27. The number of aliphatic hydroxyl groups is 1. The van der Waals surface area contributed by atoms with Crippen LogP contribution in [0.2, 0.25) is 0 Å². The van der Waals surface area contributed by atoms with Gasteiger partial charge >= 0.3 is 6.18 Å². The third-order valence-corrected chi connectivity index (χ3v) is 5.74. The van der Waals surface area contributed by atoms with Crippen LogP contribution in [0.15, 0.2) is 36.7 Å². The van der Waals surface area contributed by atoms with E-state index in [1.54, 1.807) is 30.1 Å². The van der Waals surface area contributed by atoms with Crippen LogP contribution in [-0.4, -0.2) is 31.0 Å². The summed E-state index contributed by atoms with van der Waals surface area (Å²) in [6.45, 7) is 1.31. The standard InChI is InChI=1S/C18H15F3N4OS/c1-3-17(26,18(19,20)21)14-7-10-4-5-13(23-16(10)27-14)11-6-12-9-25(2)24-15(12)22-8-11/h4-9,26H,3H2,1-2H3/t17-/m1/s1. The van der Waals surface area contributed by atoms with Crippen LogP contribution >= 0.6 is 11.3 Å². The van der Waals surface area contributed by atoms with Crippen LogP contribution in [-0.2, 0) is 12.6 Å². The Labute approximate surface area is 156 Å². The summed E-state index contributed by atoms with van der Waals surface area (Å²) < 4.78 is 41.7. The van der Waals surface area contributed by atoms with Crippen LogP contribution in [0.25, 0.3) is 32.5 Å². The van der Waals surface area contributed by atoms with Crippen LogP contribution < -0.4 is 0 Å². The molecule has 0 amide bonds. The maximum atomic E-state index is 13.3. The molecular weight excluding hydrogens is 377 g/mol. The Bertz CT molecular complexity index is 1150. The summed E-state index contributed by atoms with van der Waals surface area (Å²) in [5.41, 5.74) is -0.914. The fourth-order valence-electron chi connectivity index (χ4n) is 2.97. The Morgan fingerprint density at radius 3 is 2.67 bits per heavy atom. The van der Waals surface area contributed by atoms with E-state index in [0.29, 0.717) is 21.6 Å². The van der Waals surface area contributed by atoms with Gasteiger partial charge in [-0.2, -0.15) is 18.3 Å². The fourth-order valence-corrected chi connectivity index (χ4v) is 4.18. The first-order valence-corrected chi connectivity index (χ1v) is 9.03. The van der Waals surface area contributed by atoms with E-state index in [9.17, 15) is 18.3 Å². The average Bonchev–Trinajstić information content (AvgIpc) is 3.20. The summed E-state index contributed by atoms with van der Waals surface area (Å²) in [5, 5.41) is 15.8. The van der Waals surface area contributed by atoms with Crippen molar-refractivity contribution >= 4 is 32.6 Å². The molecule has 0 aromatic carbocycles. The molecule has 0 aliphatic rings. The van der Waals surface area contributed by atoms with Crippen molar-refractivity contribution in [2.24, 2.45) is 7.05 Å². The molecule has 4 heterocycles. The molecule has 0 fully saturated rings. The van der Waals surface area contributed by atoms with Gasteiger partial charge in [-0.3, -0.25) is 4.68 Å². The van der Waals surface area contributed by atoms with Crippen LogP contribution in [0.1, 0.15) is 18.2 Å². The molecule has 0 radical (unpaired) electrons. The summed E-state index contributed by atoms with van der Waals surface area (Å²) in [4.78, 5) is 9.05. The van der Waals surface area contributed by atoms with Gasteiger partial charge in [0.25, 0.3) is 0 Å². The van der Waals surface area contributed by atoms with Crippen LogP contribution in [0.5, 0.6) is 0 Å².